The first-order chi connectivity index (χ1) is 9.54. The predicted molar refractivity (Wildman–Crippen MR) is 78.2 cm³/mol. The van der Waals surface area contributed by atoms with Crippen LogP contribution in [-0.4, -0.2) is 38.8 Å². The first-order valence-corrected chi connectivity index (χ1v) is 7.74. The molecule has 0 amide bonds. The molecule has 0 aliphatic carbocycles. The summed E-state index contributed by atoms with van der Waals surface area (Å²) in [5.74, 6) is -1.30. The monoisotopic (exact) mass is 311 g/mol. The molecule has 0 spiro atoms. The number of rotatable bonds is 7. The van der Waals surface area contributed by atoms with Crippen molar-refractivity contribution in [2.24, 2.45) is 0 Å². The molecule has 7 heteroatoms. The van der Waals surface area contributed by atoms with Crippen LogP contribution in [0.2, 0.25) is 0 Å². The SMILES string of the molecule is O=C(O)CC(=O)C[C@H](O)CSc1nc2ccccc2s1. The number of thiazole rings is 1. The molecule has 0 saturated carbocycles. The number of carboxylic acid groups (broad SMARTS) is 1. The molecule has 2 N–H and O–H groups in total. The Morgan fingerprint density at radius 3 is 2.80 bits per heavy atom. The number of carboxylic acids is 1. The van der Waals surface area contributed by atoms with E-state index in [1.807, 2.05) is 24.3 Å². The van der Waals surface area contributed by atoms with Crippen LogP contribution in [0, 0.1) is 0 Å². The molecule has 1 heterocycles. The summed E-state index contributed by atoms with van der Waals surface area (Å²) < 4.78 is 1.90. The van der Waals surface area contributed by atoms with Crippen LogP contribution in [0.3, 0.4) is 0 Å². The zero-order valence-electron chi connectivity index (χ0n) is 10.5. The fourth-order valence-electron chi connectivity index (χ4n) is 1.64. The van der Waals surface area contributed by atoms with Crippen molar-refractivity contribution in [2.75, 3.05) is 5.75 Å². The van der Waals surface area contributed by atoms with Crippen LogP contribution in [0.1, 0.15) is 12.8 Å². The summed E-state index contributed by atoms with van der Waals surface area (Å²) in [6.45, 7) is 0. The number of aliphatic hydroxyl groups excluding tert-OH is 1. The van der Waals surface area contributed by atoms with Gasteiger partial charge < -0.3 is 10.2 Å². The highest BCUT2D eigenvalue weighted by atomic mass is 32.2. The first kappa shape index (κ1) is 15.0. The Bertz CT molecular complexity index is 593. The van der Waals surface area contributed by atoms with Gasteiger partial charge >= 0.3 is 5.97 Å². The molecule has 1 atom stereocenters. The summed E-state index contributed by atoms with van der Waals surface area (Å²) in [5.41, 5.74) is 0.913. The van der Waals surface area contributed by atoms with Gasteiger partial charge in [0.05, 0.1) is 16.3 Å². The molecule has 1 aromatic heterocycles. The van der Waals surface area contributed by atoms with E-state index in [2.05, 4.69) is 4.98 Å². The Hall–Kier alpha value is -1.44. The lowest BCUT2D eigenvalue weighted by molar-refractivity contribution is -0.140. The van der Waals surface area contributed by atoms with Crippen molar-refractivity contribution >= 4 is 45.1 Å². The Kier molecular flexibility index (Phi) is 5.11. The second-order valence-corrected chi connectivity index (χ2v) is 6.52. The molecule has 0 fully saturated rings. The Morgan fingerprint density at radius 2 is 2.10 bits per heavy atom. The van der Waals surface area contributed by atoms with Crippen molar-refractivity contribution in [3.63, 3.8) is 0 Å². The lowest BCUT2D eigenvalue weighted by Crippen LogP contribution is -2.18. The minimum Gasteiger partial charge on any atom is -0.481 e. The van der Waals surface area contributed by atoms with E-state index in [0.717, 1.165) is 14.6 Å². The number of carbonyl (C=O) groups is 2. The van der Waals surface area contributed by atoms with Crippen molar-refractivity contribution in [3.05, 3.63) is 24.3 Å². The summed E-state index contributed by atoms with van der Waals surface area (Å²) in [6.07, 6.45) is -1.52. The van der Waals surface area contributed by atoms with Crippen LogP contribution >= 0.6 is 23.1 Å². The number of hydrogen-bond acceptors (Lipinski definition) is 6. The van der Waals surface area contributed by atoms with Crippen molar-refractivity contribution in [1.29, 1.82) is 0 Å². The second-order valence-electron chi connectivity index (χ2n) is 4.23. The van der Waals surface area contributed by atoms with Crippen LogP contribution in [-0.2, 0) is 9.59 Å². The highest BCUT2D eigenvalue weighted by Crippen LogP contribution is 2.29. The van der Waals surface area contributed by atoms with Crippen molar-refractivity contribution < 1.29 is 19.8 Å². The quantitative estimate of drug-likeness (QED) is 0.602. The van der Waals surface area contributed by atoms with E-state index in [4.69, 9.17) is 5.11 Å². The molecule has 0 bridgehead atoms. The number of ketones is 1. The topological polar surface area (TPSA) is 87.5 Å². The van der Waals surface area contributed by atoms with Gasteiger partial charge in [0.1, 0.15) is 12.2 Å². The van der Waals surface area contributed by atoms with Crippen molar-refractivity contribution in [1.82, 2.24) is 4.98 Å². The number of carbonyl (C=O) groups excluding carboxylic acids is 1. The van der Waals surface area contributed by atoms with E-state index in [1.54, 1.807) is 0 Å². The Balaban J connectivity index is 1.85. The van der Waals surface area contributed by atoms with Crippen LogP contribution < -0.4 is 0 Å². The molecule has 2 rings (SSSR count). The lowest BCUT2D eigenvalue weighted by atomic mass is 10.1. The smallest absolute Gasteiger partial charge is 0.310 e. The fraction of sp³-hybridized carbons (Fsp3) is 0.308. The van der Waals surface area contributed by atoms with E-state index < -0.39 is 24.3 Å². The van der Waals surface area contributed by atoms with Gasteiger partial charge in [-0.1, -0.05) is 23.9 Å². The number of thioether (sulfide) groups is 1. The number of aliphatic hydroxyl groups is 1. The summed E-state index contributed by atoms with van der Waals surface area (Å²) in [4.78, 5) is 26.0. The highest BCUT2D eigenvalue weighted by molar-refractivity contribution is 8.01. The third-order valence-electron chi connectivity index (χ3n) is 2.49. The second kappa shape index (κ2) is 6.83. The maximum Gasteiger partial charge on any atom is 0.310 e. The maximum absolute atomic E-state index is 11.3. The van der Waals surface area contributed by atoms with Gasteiger partial charge in [0.25, 0.3) is 0 Å². The van der Waals surface area contributed by atoms with Gasteiger partial charge in [0, 0.05) is 12.2 Å². The first-order valence-electron chi connectivity index (χ1n) is 5.94. The highest BCUT2D eigenvalue weighted by Gasteiger charge is 2.15. The third kappa shape index (κ3) is 4.29. The average Bonchev–Trinajstić information content (AvgIpc) is 2.77. The van der Waals surface area contributed by atoms with E-state index in [0.29, 0.717) is 5.75 Å². The standard InChI is InChI=1S/C13H13NO4S2/c15-8(6-12(17)18)5-9(16)7-19-13-14-10-3-1-2-4-11(10)20-13/h1-4,9,16H,5-7H2,(H,17,18)/t9-/m0/s1. The van der Waals surface area contributed by atoms with Gasteiger partial charge in [-0.15, -0.1) is 11.3 Å². The molecule has 0 unspecified atom stereocenters. The van der Waals surface area contributed by atoms with Gasteiger partial charge in [-0.3, -0.25) is 9.59 Å². The van der Waals surface area contributed by atoms with Crippen LogP contribution in [0.5, 0.6) is 0 Å². The minimum atomic E-state index is -1.17. The van der Waals surface area contributed by atoms with E-state index >= 15 is 0 Å². The number of fused-ring (bicyclic) bond motifs is 1. The number of aromatic nitrogens is 1. The summed E-state index contributed by atoms with van der Waals surface area (Å²) in [5, 5.41) is 18.2. The van der Waals surface area contributed by atoms with Gasteiger partial charge in [-0.25, -0.2) is 4.98 Å². The van der Waals surface area contributed by atoms with Gasteiger partial charge in [-0.05, 0) is 12.1 Å². The number of para-hydroxylation sites is 1. The summed E-state index contributed by atoms with van der Waals surface area (Å²) >= 11 is 2.90. The zero-order chi connectivity index (χ0) is 14.5. The molecule has 0 aliphatic rings. The molecule has 106 valence electrons. The molecule has 5 nitrogen and oxygen atoms in total. The lowest BCUT2D eigenvalue weighted by Gasteiger charge is -2.06. The molecule has 0 aliphatic heterocycles. The molecule has 0 radical (unpaired) electrons. The Labute approximate surface area is 123 Å². The molecular weight excluding hydrogens is 298 g/mol. The molecular formula is C13H13NO4S2. The van der Waals surface area contributed by atoms with Crippen LogP contribution in [0.15, 0.2) is 28.6 Å². The zero-order valence-corrected chi connectivity index (χ0v) is 12.1. The predicted octanol–water partition coefficient (Wildman–Crippen LogP) is 2.18. The third-order valence-corrected chi connectivity index (χ3v) is 4.81. The summed E-state index contributed by atoms with van der Waals surface area (Å²) in [6, 6.07) is 7.75. The minimum absolute atomic E-state index is 0.135. The van der Waals surface area contributed by atoms with Crippen LogP contribution in [0.25, 0.3) is 10.2 Å². The Morgan fingerprint density at radius 1 is 1.35 bits per heavy atom. The maximum atomic E-state index is 11.3. The number of hydrogen-bond donors (Lipinski definition) is 2. The normalized spacial score (nSPS) is 12.4. The van der Waals surface area contributed by atoms with Gasteiger partial charge in [0.2, 0.25) is 0 Å². The van der Waals surface area contributed by atoms with E-state index in [1.165, 1.54) is 23.1 Å². The van der Waals surface area contributed by atoms with Gasteiger partial charge in [0.15, 0.2) is 4.34 Å². The summed E-state index contributed by atoms with van der Waals surface area (Å²) in [7, 11) is 0. The van der Waals surface area contributed by atoms with Crippen molar-refractivity contribution in [3.8, 4) is 0 Å². The largest absolute Gasteiger partial charge is 0.481 e. The average molecular weight is 311 g/mol. The number of Topliss-reactive ketones (excluding diaryl/α,β-unsaturated/α-hetero) is 1. The molecule has 1 aromatic carbocycles. The van der Waals surface area contributed by atoms with E-state index in [-0.39, 0.29) is 6.42 Å². The molecule has 0 saturated heterocycles. The number of nitrogens with zero attached hydrogens (tertiary/aromatic N) is 1. The number of benzene rings is 1. The van der Waals surface area contributed by atoms with Gasteiger partial charge in [-0.2, -0.15) is 0 Å². The molecule has 2 aromatic rings. The molecule has 20 heavy (non-hydrogen) atoms. The van der Waals surface area contributed by atoms with E-state index in [9.17, 15) is 14.7 Å². The number of aliphatic carboxylic acids is 1. The fourth-order valence-corrected chi connectivity index (χ4v) is 3.66. The van der Waals surface area contributed by atoms with Crippen LogP contribution in [0.4, 0.5) is 0 Å². The van der Waals surface area contributed by atoms with Crippen molar-refractivity contribution in [2.45, 2.75) is 23.3 Å².